The second kappa shape index (κ2) is 6.05. The van der Waals surface area contributed by atoms with Crippen molar-refractivity contribution in [2.75, 3.05) is 12.4 Å². The predicted octanol–water partition coefficient (Wildman–Crippen LogP) is 1.37. The summed E-state index contributed by atoms with van der Waals surface area (Å²) in [5.41, 5.74) is 6.93. The Bertz CT molecular complexity index is 598. The van der Waals surface area contributed by atoms with E-state index in [1.165, 1.54) is 13.1 Å². The molecule has 6 heteroatoms. The molecule has 1 aromatic carbocycles. The summed E-state index contributed by atoms with van der Waals surface area (Å²) in [4.78, 5) is 36.6. The average molecular weight is 289 g/mol. The second-order valence-corrected chi connectivity index (χ2v) is 5.17. The summed E-state index contributed by atoms with van der Waals surface area (Å²) in [6.07, 6.45) is 2.48. The van der Waals surface area contributed by atoms with E-state index in [2.05, 4.69) is 5.32 Å². The first-order chi connectivity index (χ1) is 9.95. The summed E-state index contributed by atoms with van der Waals surface area (Å²) in [5.74, 6) is -0.970. The summed E-state index contributed by atoms with van der Waals surface area (Å²) < 4.78 is 0. The topological polar surface area (TPSA) is 92.5 Å². The molecule has 2 rings (SSSR count). The number of amides is 3. The number of imide groups is 1. The van der Waals surface area contributed by atoms with Crippen molar-refractivity contribution >= 4 is 23.4 Å². The lowest BCUT2D eigenvalue weighted by Crippen LogP contribution is -2.35. The first-order valence-electron chi connectivity index (χ1n) is 6.98. The molecule has 112 valence electrons. The largest absolute Gasteiger partial charge is 0.325 e. The molecule has 1 aliphatic heterocycles. The molecule has 6 nitrogen and oxygen atoms in total. The molecule has 0 aromatic heterocycles. The van der Waals surface area contributed by atoms with Crippen LogP contribution in [0.3, 0.4) is 0 Å². The van der Waals surface area contributed by atoms with Gasteiger partial charge in [-0.15, -0.1) is 0 Å². The van der Waals surface area contributed by atoms with Crippen molar-refractivity contribution in [3.63, 3.8) is 0 Å². The van der Waals surface area contributed by atoms with E-state index in [1.54, 1.807) is 12.1 Å². The van der Waals surface area contributed by atoms with Crippen molar-refractivity contribution in [1.82, 2.24) is 4.90 Å². The van der Waals surface area contributed by atoms with E-state index in [9.17, 15) is 14.4 Å². The summed E-state index contributed by atoms with van der Waals surface area (Å²) in [6.45, 7) is 2.03. The van der Waals surface area contributed by atoms with Crippen LogP contribution in [0.1, 0.15) is 46.9 Å². The van der Waals surface area contributed by atoms with Crippen molar-refractivity contribution in [3.05, 3.63) is 29.3 Å². The zero-order valence-corrected chi connectivity index (χ0v) is 12.2. The Kier molecular flexibility index (Phi) is 4.37. The van der Waals surface area contributed by atoms with Gasteiger partial charge < -0.3 is 11.1 Å². The van der Waals surface area contributed by atoms with Gasteiger partial charge in [0, 0.05) is 12.7 Å². The maximum atomic E-state index is 11.9. The van der Waals surface area contributed by atoms with Crippen LogP contribution in [0.25, 0.3) is 0 Å². The third kappa shape index (κ3) is 2.95. The highest BCUT2D eigenvalue weighted by molar-refractivity contribution is 6.21. The quantitative estimate of drug-likeness (QED) is 0.801. The minimum Gasteiger partial charge on any atom is -0.325 e. The number of nitrogens with one attached hydrogen (secondary N) is 1. The van der Waals surface area contributed by atoms with E-state index in [0.717, 1.165) is 17.7 Å². The third-order valence-corrected chi connectivity index (χ3v) is 3.56. The number of hydrogen-bond acceptors (Lipinski definition) is 4. The Morgan fingerprint density at radius 2 is 1.95 bits per heavy atom. The number of nitrogens with zero attached hydrogens (tertiary/aromatic N) is 1. The number of unbranched alkanes of at least 4 members (excludes halogenated alkanes) is 1. The Labute approximate surface area is 123 Å². The fourth-order valence-corrected chi connectivity index (χ4v) is 2.23. The minimum atomic E-state index is -0.571. The molecular weight excluding hydrogens is 270 g/mol. The molecule has 0 radical (unpaired) electrons. The molecule has 0 unspecified atom stereocenters. The van der Waals surface area contributed by atoms with Crippen LogP contribution in [0, 0.1) is 0 Å². The highest BCUT2D eigenvalue weighted by atomic mass is 16.2. The zero-order chi connectivity index (χ0) is 15.6. The number of carbonyl (C=O) groups is 3. The van der Waals surface area contributed by atoms with Gasteiger partial charge in [0.25, 0.3) is 11.8 Å². The molecule has 3 amide bonds. The van der Waals surface area contributed by atoms with Crippen molar-refractivity contribution in [2.24, 2.45) is 5.73 Å². The van der Waals surface area contributed by atoms with Gasteiger partial charge in [0.2, 0.25) is 5.91 Å². The fraction of sp³-hybridized carbons (Fsp3) is 0.400. The number of carbonyl (C=O) groups excluding carboxylic acids is 3. The molecule has 3 N–H and O–H groups in total. The minimum absolute atomic E-state index is 0.284. The number of benzene rings is 1. The van der Waals surface area contributed by atoms with Crippen LogP contribution >= 0.6 is 0 Å². The number of nitrogens with two attached hydrogens (primary N) is 1. The predicted molar refractivity (Wildman–Crippen MR) is 79.0 cm³/mol. The standard InChI is InChI=1S/C15H19N3O3/c1-3-4-5-12(16)13(19)17-9-6-7-10-11(8-9)15(21)18(2)14(10)20/h6-8,12H,3-5,16H2,1-2H3,(H,17,19)/t12-/m0/s1. The van der Waals surface area contributed by atoms with E-state index < -0.39 is 6.04 Å². The van der Waals surface area contributed by atoms with Crippen molar-refractivity contribution < 1.29 is 14.4 Å². The maximum absolute atomic E-state index is 11.9. The molecule has 0 spiro atoms. The lowest BCUT2D eigenvalue weighted by molar-refractivity contribution is -0.117. The molecule has 0 saturated carbocycles. The normalized spacial score (nSPS) is 15.1. The molecule has 1 heterocycles. The van der Waals surface area contributed by atoms with Gasteiger partial charge in [-0.25, -0.2) is 0 Å². The van der Waals surface area contributed by atoms with E-state index in [4.69, 9.17) is 5.73 Å². The Morgan fingerprint density at radius 3 is 2.62 bits per heavy atom. The molecule has 0 bridgehead atoms. The van der Waals surface area contributed by atoms with Crippen LogP contribution < -0.4 is 11.1 Å². The van der Waals surface area contributed by atoms with Crippen molar-refractivity contribution in [3.8, 4) is 0 Å². The fourth-order valence-electron chi connectivity index (χ4n) is 2.23. The number of hydrogen-bond donors (Lipinski definition) is 2. The third-order valence-electron chi connectivity index (χ3n) is 3.56. The average Bonchev–Trinajstić information content (AvgIpc) is 2.69. The SMILES string of the molecule is CCCC[C@H](N)C(=O)Nc1ccc2c(c1)C(=O)N(C)C2=O. The number of rotatable bonds is 5. The van der Waals surface area contributed by atoms with Gasteiger partial charge in [-0.2, -0.15) is 0 Å². The summed E-state index contributed by atoms with van der Waals surface area (Å²) in [5, 5.41) is 2.68. The van der Waals surface area contributed by atoms with Gasteiger partial charge in [0.05, 0.1) is 17.2 Å². The van der Waals surface area contributed by atoms with Crippen LogP contribution in [0.5, 0.6) is 0 Å². The molecule has 21 heavy (non-hydrogen) atoms. The first kappa shape index (κ1) is 15.2. The van der Waals surface area contributed by atoms with Gasteiger partial charge in [-0.1, -0.05) is 19.8 Å². The van der Waals surface area contributed by atoms with Crippen LogP contribution in [0.4, 0.5) is 5.69 Å². The molecule has 1 atom stereocenters. The highest BCUT2D eigenvalue weighted by Crippen LogP contribution is 2.24. The highest BCUT2D eigenvalue weighted by Gasteiger charge is 2.32. The second-order valence-electron chi connectivity index (χ2n) is 5.17. The Balaban J connectivity index is 2.12. The van der Waals surface area contributed by atoms with Gasteiger partial charge in [0.15, 0.2) is 0 Å². The van der Waals surface area contributed by atoms with Crippen molar-refractivity contribution in [1.29, 1.82) is 0 Å². The van der Waals surface area contributed by atoms with Crippen molar-refractivity contribution in [2.45, 2.75) is 32.2 Å². The lowest BCUT2D eigenvalue weighted by atomic mass is 10.1. The lowest BCUT2D eigenvalue weighted by Gasteiger charge is -2.12. The van der Waals surface area contributed by atoms with E-state index in [0.29, 0.717) is 23.2 Å². The molecule has 1 aliphatic rings. The van der Waals surface area contributed by atoms with Crippen LogP contribution in [0.2, 0.25) is 0 Å². The van der Waals surface area contributed by atoms with Gasteiger partial charge >= 0.3 is 0 Å². The summed E-state index contributed by atoms with van der Waals surface area (Å²) in [6, 6.07) is 4.10. The summed E-state index contributed by atoms with van der Waals surface area (Å²) >= 11 is 0. The van der Waals surface area contributed by atoms with E-state index >= 15 is 0 Å². The van der Waals surface area contributed by atoms with Crippen LogP contribution in [0.15, 0.2) is 18.2 Å². The van der Waals surface area contributed by atoms with E-state index in [-0.39, 0.29) is 17.7 Å². The van der Waals surface area contributed by atoms with E-state index in [1.807, 2.05) is 6.92 Å². The van der Waals surface area contributed by atoms with Crippen LogP contribution in [-0.2, 0) is 4.79 Å². The Morgan fingerprint density at radius 1 is 1.29 bits per heavy atom. The van der Waals surface area contributed by atoms with Gasteiger partial charge in [-0.05, 0) is 24.6 Å². The number of anilines is 1. The molecule has 0 aliphatic carbocycles. The summed E-state index contributed by atoms with van der Waals surface area (Å²) in [7, 11) is 1.43. The maximum Gasteiger partial charge on any atom is 0.261 e. The van der Waals surface area contributed by atoms with Gasteiger partial charge in [-0.3, -0.25) is 19.3 Å². The monoisotopic (exact) mass is 289 g/mol. The molecular formula is C15H19N3O3. The molecule has 0 saturated heterocycles. The number of fused-ring (bicyclic) bond motifs is 1. The first-order valence-corrected chi connectivity index (χ1v) is 6.98. The van der Waals surface area contributed by atoms with Gasteiger partial charge in [0.1, 0.15) is 0 Å². The zero-order valence-electron chi connectivity index (χ0n) is 12.2. The molecule has 0 fully saturated rings. The Hall–Kier alpha value is -2.21. The smallest absolute Gasteiger partial charge is 0.261 e. The van der Waals surface area contributed by atoms with Crippen LogP contribution in [-0.4, -0.2) is 35.7 Å². The molecule has 1 aromatic rings.